The van der Waals surface area contributed by atoms with Crippen molar-refractivity contribution in [3.63, 3.8) is 0 Å². The first kappa shape index (κ1) is 14.8. The Hall–Kier alpha value is -2.17. The van der Waals surface area contributed by atoms with Crippen LogP contribution in [0.4, 0.5) is 0 Å². The summed E-state index contributed by atoms with van der Waals surface area (Å²) in [6, 6.07) is 17.0. The lowest BCUT2D eigenvalue weighted by Crippen LogP contribution is -2.11. The van der Waals surface area contributed by atoms with Crippen molar-refractivity contribution in [3.8, 4) is 0 Å². The summed E-state index contributed by atoms with van der Waals surface area (Å²) in [6.07, 6.45) is 3.13. The normalized spacial score (nSPS) is 15.1. The van der Waals surface area contributed by atoms with Crippen molar-refractivity contribution in [2.24, 2.45) is 5.14 Å². The largest absolute Gasteiger partial charge is 0.238 e. The Bertz CT molecular complexity index is 861. The third-order valence-corrected chi connectivity index (χ3v) is 4.79. The van der Waals surface area contributed by atoms with E-state index in [-0.39, 0.29) is 4.90 Å². The molecule has 0 heterocycles. The quantitative estimate of drug-likeness (QED) is 0.941. The Kier molecular flexibility index (Phi) is 3.72. The van der Waals surface area contributed by atoms with Crippen LogP contribution in [-0.2, 0) is 10.0 Å². The minimum atomic E-state index is -3.65. The second-order valence-corrected chi connectivity index (χ2v) is 6.97. The Morgan fingerprint density at radius 3 is 2.14 bits per heavy atom. The summed E-state index contributed by atoms with van der Waals surface area (Å²) in [7, 11) is -3.65. The van der Waals surface area contributed by atoms with Crippen LogP contribution in [0.3, 0.4) is 0 Å². The van der Waals surface area contributed by atoms with Crippen LogP contribution in [0.1, 0.15) is 24.5 Å². The number of benzene rings is 2. The maximum absolute atomic E-state index is 11.4. The molecule has 1 aliphatic carbocycles. The predicted molar refractivity (Wildman–Crippen MR) is 89.4 cm³/mol. The van der Waals surface area contributed by atoms with E-state index in [1.165, 1.54) is 22.3 Å². The highest BCUT2D eigenvalue weighted by Gasteiger charge is 2.18. The molecular weight excluding hydrogens is 294 g/mol. The van der Waals surface area contributed by atoms with Gasteiger partial charge in [0.15, 0.2) is 0 Å². The lowest BCUT2D eigenvalue weighted by molar-refractivity contribution is 0.598. The highest BCUT2D eigenvalue weighted by atomic mass is 32.2. The van der Waals surface area contributed by atoms with Gasteiger partial charge in [0.1, 0.15) is 0 Å². The molecule has 0 atom stereocenters. The van der Waals surface area contributed by atoms with Gasteiger partial charge < -0.3 is 0 Å². The topological polar surface area (TPSA) is 60.2 Å². The number of allylic oxidation sites excluding steroid dienone is 4. The van der Waals surface area contributed by atoms with Crippen molar-refractivity contribution in [1.29, 1.82) is 0 Å². The highest BCUT2D eigenvalue weighted by molar-refractivity contribution is 7.89. The average Bonchev–Trinajstić information content (AvgIpc) is 2.89. The molecule has 0 aliphatic heterocycles. The smallest absolute Gasteiger partial charge is 0.225 e. The number of hydrogen-bond donors (Lipinski definition) is 1. The first-order valence-electron chi connectivity index (χ1n) is 7.06. The molecule has 0 aromatic heterocycles. The molecule has 3 rings (SSSR count). The van der Waals surface area contributed by atoms with Gasteiger partial charge >= 0.3 is 0 Å². The van der Waals surface area contributed by atoms with Crippen molar-refractivity contribution >= 4 is 21.2 Å². The van der Waals surface area contributed by atoms with Gasteiger partial charge in [-0.25, -0.2) is 13.6 Å². The SMILES string of the molecule is CC1=C(c2ccc(S(N)(=O)=O)cc2)C(c2ccccc2)=CC1. The van der Waals surface area contributed by atoms with E-state index in [4.69, 9.17) is 5.14 Å². The summed E-state index contributed by atoms with van der Waals surface area (Å²) in [6.45, 7) is 2.11. The summed E-state index contributed by atoms with van der Waals surface area (Å²) in [5.41, 5.74) is 5.83. The molecule has 1 aliphatic rings. The van der Waals surface area contributed by atoms with Crippen LogP contribution in [0.15, 0.2) is 71.1 Å². The summed E-state index contributed by atoms with van der Waals surface area (Å²) >= 11 is 0. The van der Waals surface area contributed by atoms with Crippen molar-refractivity contribution in [1.82, 2.24) is 0 Å². The fourth-order valence-corrected chi connectivity index (χ4v) is 3.30. The number of rotatable bonds is 3. The summed E-state index contributed by atoms with van der Waals surface area (Å²) in [4.78, 5) is 0.137. The Morgan fingerprint density at radius 1 is 0.909 bits per heavy atom. The van der Waals surface area contributed by atoms with E-state index < -0.39 is 10.0 Å². The Balaban J connectivity index is 2.03. The number of sulfonamides is 1. The molecule has 0 spiro atoms. The first-order chi connectivity index (χ1) is 10.5. The van der Waals surface area contributed by atoms with Crippen LogP contribution in [0.2, 0.25) is 0 Å². The monoisotopic (exact) mass is 311 g/mol. The Morgan fingerprint density at radius 2 is 1.55 bits per heavy atom. The molecule has 0 radical (unpaired) electrons. The zero-order chi connectivity index (χ0) is 15.7. The minimum absolute atomic E-state index is 0.137. The molecule has 22 heavy (non-hydrogen) atoms. The third-order valence-electron chi connectivity index (χ3n) is 3.86. The minimum Gasteiger partial charge on any atom is -0.225 e. The second-order valence-electron chi connectivity index (χ2n) is 5.41. The fourth-order valence-electron chi connectivity index (χ4n) is 2.78. The van der Waals surface area contributed by atoms with E-state index in [0.717, 1.165) is 12.0 Å². The van der Waals surface area contributed by atoms with Crippen LogP contribution in [0, 0.1) is 0 Å². The molecule has 2 N–H and O–H groups in total. The number of primary sulfonamides is 1. The van der Waals surface area contributed by atoms with Gasteiger partial charge in [-0.3, -0.25) is 0 Å². The first-order valence-corrected chi connectivity index (χ1v) is 8.60. The molecule has 0 saturated heterocycles. The van der Waals surface area contributed by atoms with Crippen molar-refractivity contribution in [2.45, 2.75) is 18.2 Å². The van der Waals surface area contributed by atoms with E-state index in [2.05, 4.69) is 25.1 Å². The number of nitrogens with two attached hydrogens (primary N) is 1. The van der Waals surface area contributed by atoms with Crippen LogP contribution in [0.25, 0.3) is 11.1 Å². The standard InChI is InChI=1S/C18H17NO2S/c1-13-7-12-17(14-5-3-2-4-6-14)18(13)15-8-10-16(11-9-15)22(19,20)21/h2-6,8-12H,7H2,1H3,(H2,19,20,21). The van der Waals surface area contributed by atoms with Crippen LogP contribution < -0.4 is 5.14 Å². The van der Waals surface area contributed by atoms with Crippen molar-refractivity contribution in [2.75, 3.05) is 0 Å². The van der Waals surface area contributed by atoms with Gasteiger partial charge in [-0.05, 0) is 47.8 Å². The van der Waals surface area contributed by atoms with Gasteiger partial charge in [0.25, 0.3) is 0 Å². The van der Waals surface area contributed by atoms with Gasteiger partial charge in [0.2, 0.25) is 10.0 Å². The van der Waals surface area contributed by atoms with Crippen molar-refractivity contribution < 1.29 is 8.42 Å². The summed E-state index contributed by atoms with van der Waals surface area (Å²) in [5.74, 6) is 0. The zero-order valence-corrected chi connectivity index (χ0v) is 13.1. The predicted octanol–water partition coefficient (Wildman–Crippen LogP) is 3.59. The van der Waals surface area contributed by atoms with Gasteiger partial charge in [0.05, 0.1) is 4.90 Å². The maximum Gasteiger partial charge on any atom is 0.238 e. The van der Waals surface area contributed by atoms with Crippen LogP contribution in [-0.4, -0.2) is 8.42 Å². The zero-order valence-electron chi connectivity index (χ0n) is 12.3. The van der Waals surface area contributed by atoms with E-state index in [0.29, 0.717) is 0 Å². The highest BCUT2D eigenvalue weighted by Crippen LogP contribution is 2.40. The van der Waals surface area contributed by atoms with E-state index in [1.807, 2.05) is 30.3 Å². The molecule has 2 aromatic rings. The number of hydrogen-bond acceptors (Lipinski definition) is 2. The van der Waals surface area contributed by atoms with Crippen LogP contribution in [0.5, 0.6) is 0 Å². The van der Waals surface area contributed by atoms with Crippen molar-refractivity contribution in [3.05, 3.63) is 77.4 Å². The molecule has 0 fully saturated rings. The molecule has 0 saturated carbocycles. The molecule has 0 bridgehead atoms. The molecule has 112 valence electrons. The maximum atomic E-state index is 11.4. The lowest BCUT2D eigenvalue weighted by Gasteiger charge is -2.12. The lowest BCUT2D eigenvalue weighted by atomic mass is 9.93. The molecule has 3 nitrogen and oxygen atoms in total. The third kappa shape index (κ3) is 2.75. The Labute approximate surface area is 130 Å². The average molecular weight is 311 g/mol. The fraction of sp³-hybridized carbons (Fsp3) is 0.111. The molecule has 0 amide bonds. The van der Waals surface area contributed by atoms with E-state index in [9.17, 15) is 8.42 Å². The van der Waals surface area contributed by atoms with Gasteiger partial charge in [-0.15, -0.1) is 0 Å². The second kappa shape index (κ2) is 5.55. The summed E-state index contributed by atoms with van der Waals surface area (Å²) in [5, 5.41) is 5.15. The molecule has 4 heteroatoms. The molecular formula is C18H17NO2S. The van der Waals surface area contributed by atoms with E-state index >= 15 is 0 Å². The van der Waals surface area contributed by atoms with Gasteiger partial charge in [-0.2, -0.15) is 0 Å². The molecule has 0 unspecified atom stereocenters. The molecule has 2 aromatic carbocycles. The van der Waals surface area contributed by atoms with E-state index in [1.54, 1.807) is 12.1 Å². The van der Waals surface area contributed by atoms with Crippen LogP contribution >= 0.6 is 0 Å². The summed E-state index contributed by atoms with van der Waals surface area (Å²) < 4.78 is 22.7. The van der Waals surface area contributed by atoms with Gasteiger partial charge in [0, 0.05) is 0 Å². The van der Waals surface area contributed by atoms with Gasteiger partial charge in [-0.1, -0.05) is 54.1 Å².